The summed E-state index contributed by atoms with van der Waals surface area (Å²) in [5.41, 5.74) is 1.28. The maximum absolute atomic E-state index is 11.7. The van der Waals surface area contributed by atoms with Gasteiger partial charge in [0.25, 0.3) is 5.69 Å². The lowest BCUT2D eigenvalue weighted by Crippen LogP contribution is -2.00. The van der Waals surface area contributed by atoms with Crippen LogP contribution >= 0.6 is 23.2 Å². The van der Waals surface area contributed by atoms with Gasteiger partial charge < -0.3 is 4.74 Å². The number of halogens is 2. The van der Waals surface area contributed by atoms with Gasteiger partial charge in [-0.1, -0.05) is 29.3 Å². The Morgan fingerprint density at radius 3 is 2.48 bits per heavy atom. The Bertz CT molecular complexity index is 757. The molecule has 0 fully saturated rings. The highest BCUT2D eigenvalue weighted by atomic mass is 35.5. The fourth-order valence-corrected chi connectivity index (χ4v) is 2.18. The number of hydrogen-bond donors (Lipinski definition) is 0. The largest absolute Gasteiger partial charge is 0.458 e. The van der Waals surface area contributed by atoms with E-state index < -0.39 is 10.9 Å². The molecule has 0 saturated carbocycles. The van der Waals surface area contributed by atoms with Crippen molar-refractivity contribution in [3.63, 3.8) is 0 Å². The standard InChI is InChI=1S/C16H11Cl2NO4/c17-13-5-3-12(15(18)9-13)4-8-16(20)23-10-11-1-6-14(7-2-11)19(21)22/h1-9H,10H2/b8-4+. The van der Waals surface area contributed by atoms with Gasteiger partial charge >= 0.3 is 5.97 Å². The number of rotatable bonds is 5. The van der Waals surface area contributed by atoms with E-state index in [2.05, 4.69) is 0 Å². The summed E-state index contributed by atoms with van der Waals surface area (Å²) in [6.45, 7) is 0.0233. The SMILES string of the molecule is O=C(/C=C/c1ccc(Cl)cc1Cl)OCc1ccc([N+](=O)[O-])cc1. The molecule has 0 aromatic heterocycles. The maximum atomic E-state index is 11.7. The minimum Gasteiger partial charge on any atom is -0.458 e. The summed E-state index contributed by atoms with van der Waals surface area (Å²) >= 11 is 11.8. The van der Waals surface area contributed by atoms with Crippen LogP contribution in [0.25, 0.3) is 6.08 Å². The van der Waals surface area contributed by atoms with Crippen LogP contribution in [0.3, 0.4) is 0 Å². The molecule has 7 heteroatoms. The summed E-state index contributed by atoms with van der Waals surface area (Å²) < 4.78 is 5.05. The van der Waals surface area contributed by atoms with Crippen LogP contribution in [0.5, 0.6) is 0 Å². The maximum Gasteiger partial charge on any atom is 0.331 e. The van der Waals surface area contributed by atoms with Crippen LogP contribution < -0.4 is 0 Å². The third kappa shape index (κ3) is 5.09. The van der Waals surface area contributed by atoms with E-state index in [0.29, 0.717) is 21.2 Å². The van der Waals surface area contributed by atoms with Crippen LogP contribution in [0.4, 0.5) is 5.69 Å². The second kappa shape index (κ2) is 7.76. The number of hydrogen-bond acceptors (Lipinski definition) is 4. The molecule has 0 radical (unpaired) electrons. The molecule has 0 atom stereocenters. The minimum absolute atomic E-state index is 0.0163. The summed E-state index contributed by atoms with van der Waals surface area (Å²) in [6.07, 6.45) is 2.78. The molecule has 5 nitrogen and oxygen atoms in total. The molecule has 2 aromatic carbocycles. The number of nitro benzene ring substituents is 1. The monoisotopic (exact) mass is 351 g/mol. The van der Waals surface area contributed by atoms with E-state index in [1.54, 1.807) is 18.2 Å². The molecule has 0 amide bonds. The number of ether oxygens (including phenoxy) is 1. The zero-order valence-corrected chi connectivity index (χ0v) is 13.3. The normalized spacial score (nSPS) is 10.7. The first-order valence-corrected chi connectivity index (χ1v) is 7.24. The van der Waals surface area contributed by atoms with Crippen molar-refractivity contribution in [3.05, 3.63) is 79.8 Å². The molecule has 0 saturated heterocycles. The number of nitro groups is 1. The van der Waals surface area contributed by atoms with Gasteiger partial charge in [0.15, 0.2) is 0 Å². The molecular weight excluding hydrogens is 341 g/mol. The molecule has 0 heterocycles. The van der Waals surface area contributed by atoms with E-state index >= 15 is 0 Å². The van der Waals surface area contributed by atoms with Gasteiger partial charge in [-0.3, -0.25) is 10.1 Å². The molecule has 2 aromatic rings. The number of carbonyl (C=O) groups is 1. The van der Waals surface area contributed by atoms with Gasteiger partial charge in [-0.25, -0.2) is 4.79 Å². The molecule has 0 aliphatic carbocycles. The average Bonchev–Trinajstić information content (AvgIpc) is 2.52. The van der Waals surface area contributed by atoms with Crippen LogP contribution in [-0.2, 0) is 16.1 Å². The van der Waals surface area contributed by atoms with Crippen molar-refractivity contribution in [1.82, 2.24) is 0 Å². The first-order valence-electron chi connectivity index (χ1n) is 6.49. The number of benzene rings is 2. The summed E-state index contributed by atoms with van der Waals surface area (Å²) in [4.78, 5) is 21.7. The van der Waals surface area contributed by atoms with Gasteiger partial charge in [0.2, 0.25) is 0 Å². The third-order valence-electron chi connectivity index (χ3n) is 2.89. The molecular formula is C16H11Cl2NO4. The topological polar surface area (TPSA) is 69.4 Å². The number of carbonyl (C=O) groups excluding carboxylic acids is 1. The minimum atomic E-state index is -0.547. The number of esters is 1. The second-order valence-electron chi connectivity index (χ2n) is 4.53. The highest BCUT2D eigenvalue weighted by molar-refractivity contribution is 6.35. The van der Waals surface area contributed by atoms with Crippen molar-refractivity contribution in [2.24, 2.45) is 0 Å². The van der Waals surface area contributed by atoms with Gasteiger partial charge in [0.1, 0.15) is 6.61 Å². The molecule has 0 spiro atoms. The molecule has 23 heavy (non-hydrogen) atoms. The Kier molecular flexibility index (Phi) is 5.73. The van der Waals surface area contributed by atoms with Crippen molar-refractivity contribution >= 4 is 40.9 Å². The van der Waals surface area contributed by atoms with Gasteiger partial charge in [-0.2, -0.15) is 0 Å². The Morgan fingerprint density at radius 1 is 1.17 bits per heavy atom. The van der Waals surface area contributed by atoms with E-state index in [4.69, 9.17) is 27.9 Å². The quantitative estimate of drug-likeness (QED) is 0.340. The smallest absolute Gasteiger partial charge is 0.331 e. The number of nitrogens with zero attached hydrogens (tertiary/aromatic N) is 1. The van der Waals surface area contributed by atoms with Crippen LogP contribution in [-0.4, -0.2) is 10.9 Å². The molecule has 0 N–H and O–H groups in total. The van der Waals surface area contributed by atoms with Gasteiger partial charge in [-0.05, 0) is 41.5 Å². The Hall–Kier alpha value is -2.37. The fourth-order valence-electron chi connectivity index (χ4n) is 1.71. The van der Waals surface area contributed by atoms with Crippen molar-refractivity contribution in [3.8, 4) is 0 Å². The molecule has 0 aliphatic heterocycles. The van der Waals surface area contributed by atoms with Crippen LogP contribution in [0.2, 0.25) is 10.0 Å². The Balaban J connectivity index is 1.92. The lowest BCUT2D eigenvalue weighted by Gasteiger charge is -2.02. The van der Waals surface area contributed by atoms with Crippen molar-refractivity contribution < 1.29 is 14.5 Å². The molecule has 0 bridgehead atoms. The van der Waals surface area contributed by atoms with Crippen LogP contribution in [0, 0.1) is 10.1 Å². The summed E-state index contributed by atoms with van der Waals surface area (Å²) in [7, 11) is 0. The molecule has 0 aliphatic rings. The lowest BCUT2D eigenvalue weighted by atomic mass is 10.2. The van der Waals surface area contributed by atoms with Crippen molar-refractivity contribution in [1.29, 1.82) is 0 Å². The Morgan fingerprint density at radius 2 is 1.87 bits per heavy atom. The molecule has 2 rings (SSSR count). The third-order valence-corrected chi connectivity index (χ3v) is 3.45. The highest BCUT2D eigenvalue weighted by Gasteiger charge is 2.05. The zero-order valence-electron chi connectivity index (χ0n) is 11.7. The second-order valence-corrected chi connectivity index (χ2v) is 5.37. The number of non-ortho nitro benzene ring substituents is 1. The lowest BCUT2D eigenvalue weighted by molar-refractivity contribution is -0.384. The van der Waals surface area contributed by atoms with Crippen molar-refractivity contribution in [2.75, 3.05) is 0 Å². The molecule has 0 unspecified atom stereocenters. The van der Waals surface area contributed by atoms with E-state index in [1.807, 2.05) is 0 Å². The summed E-state index contributed by atoms with van der Waals surface area (Å²) in [5.74, 6) is -0.547. The van der Waals surface area contributed by atoms with E-state index in [-0.39, 0.29) is 12.3 Å². The first kappa shape index (κ1) is 17.0. The van der Waals surface area contributed by atoms with Gasteiger partial charge in [0.05, 0.1) is 4.92 Å². The zero-order chi connectivity index (χ0) is 16.8. The van der Waals surface area contributed by atoms with Crippen LogP contribution in [0.15, 0.2) is 48.5 Å². The highest BCUT2D eigenvalue weighted by Crippen LogP contribution is 2.22. The van der Waals surface area contributed by atoms with Crippen molar-refractivity contribution in [2.45, 2.75) is 6.61 Å². The predicted molar refractivity (Wildman–Crippen MR) is 88.4 cm³/mol. The van der Waals surface area contributed by atoms with Crippen LogP contribution in [0.1, 0.15) is 11.1 Å². The van der Waals surface area contributed by atoms with Gasteiger partial charge in [-0.15, -0.1) is 0 Å². The fraction of sp³-hybridized carbons (Fsp3) is 0.0625. The Labute approximate surface area is 142 Å². The summed E-state index contributed by atoms with van der Waals surface area (Å²) in [6, 6.07) is 10.7. The predicted octanol–water partition coefficient (Wildman–Crippen LogP) is 4.66. The van der Waals surface area contributed by atoms with E-state index in [1.165, 1.54) is 36.4 Å². The first-order chi connectivity index (χ1) is 11.0. The summed E-state index contributed by atoms with van der Waals surface area (Å²) in [5, 5.41) is 11.5. The molecule has 118 valence electrons. The average molecular weight is 352 g/mol. The van der Waals surface area contributed by atoms with E-state index in [9.17, 15) is 14.9 Å². The van der Waals surface area contributed by atoms with Gasteiger partial charge in [0, 0.05) is 28.3 Å². The van der Waals surface area contributed by atoms with E-state index in [0.717, 1.165) is 0 Å².